The minimum absolute atomic E-state index is 0.266. The van der Waals surface area contributed by atoms with Crippen LogP contribution in [0, 0.1) is 19.7 Å². The van der Waals surface area contributed by atoms with Gasteiger partial charge >= 0.3 is 0 Å². The summed E-state index contributed by atoms with van der Waals surface area (Å²) in [5.41, 5.74) is 11.2. The Kier molecular flexibility index (Phi) is 3.52. The fourth-order valence-corrected chi connectivity index (χ4v) is 3.98. The fourth-order valence-electron chi connectivity index (χ4n) is 3.98. The Morgan fingerprint density at radius 3 is 2.64 bits per heavy atom. The predicted octanol–water partition coefficient (Wildman–Crippen LogP) is 3.87. The molecule has 0 aliphatic carbocycles. The van der Waals surface area contributed by atoms with E-state index < -0.39 is 0 Å². The van der Waals surface area contributed by atoms with Gasteiger partial charge in [-0.25, -0.2) is 14.4 Å². The third-order valence-electron chi connectivity index (χ3n) is 5.18. The zero-order chi connectivity index (χ0) is 19.4. The van der Waals surface area contributed by atoms with Gasteiger partial charge in [-0.05, 0) is 44.2 Å². The van der Waals surface area contributed by atoms with Crippen molar-refractivity contribution in [2.24, 2.45) is 10.7 Å². The van der Waals surface area contributed by atoms with Gasteiger partial charge in [0.2, 0.25) is 5.95 Å². The number of guanidine groups is 1. The lowest BCUT2D eigenvalue weighted by molar-refractivity contribution is 0.609. The lowest BCUT2D eigenvalue weighted by Crippen LogP contribution is -2.31. The van der Waals surface area contributed by atoms with E-state index in [1.165, 1.54) is 6.07 Å². The van der Waals surface area contributed by atoms with Gasteiger partial charge in [-0.15, -0.1) is 0 Å². The van der Waals surface area contributed by atoms with Crippen molar-refractivity contribution < 1.29 is 4.39 Å². The summed E-state index contributed by atoms with van der Waals surface area (Å²) in [6, 6.07) is 16.7. The number of fused-ring (bicyclic) bond motifs is 3. The Hall–Kier alpha value is -3.61. The van der Waals surface area contributed by atoms with Crippen molar-refractivity contribution in [2.75, 3.05) is 5.32 Å². The van der Waals surface area contributed by atoms with Crippen molar-refractivity contribution in [2.45, 2.75) is 20.0 Å². The van der Waals surface area contributed by atoms with Crippen LogP contribution < -0.4 is 11.1 Å². The number of rotatable bonds is 2. The van der Waals surface area contributed by atoms with Crippen molar-refractivity contribution in [1.29, 1.82) is 0 Å². The average Bonchev–Trinajstić information content (AvgIpc) is 3.18. The maximum Gasteiger partial charge on any atom is 0.212 e. The summed E-state index contributed by atoms with van der Waals surface area (Å²) in [6.07, 6.45) is -0.379. The second-order valence-electron chi connectivity index (χ2n) is 6.92. The van der Waals surface area contributed by atoms with Crippen LogP contribution in [0.5, 0.6) is 0 Å². The van der Waals surface area contributed by atoms with Gasteiger partial charge in [0, 0.05) is 17.0 Å². The number of aryl methyl sites for hydroxylation is 1. The molecule has 7 heteroatoms. The molecular weight excluding hydrogens is 355 g/mol. The standard InChI is InChI=1S/C21H19FN6/c1-12-11-14(13(2)27(12)17-9-5-3-7-15(17)22)19-25-20(23)26-21-24-16-8-4-6-10-18(16)28(19)21/h3-11,19H,1-2H3,(H3,23,24,25,26)/t19-/m1/s1. The highest BCUT2D eigenvalue weighted by molar-refractivity contribution is 5.94. The minimum Gasteiger partial charge on any atom is -0.370 e. The smallest absolute Gasteiger partial charge is 0.212 e. The Labute approximate surface area is 161 Å². The highest BCUT2D eigenvalue weighted by Crippen LogP contribution is 2.35. The molecule has 0 bridgehead atoms. The second-order valence-corrected chi connectivity index (χ2v) is 6.92. The van der Waals surface area contributed by atoms with Gasteiger partial charge < -0.3 is 10.3 Å². The number of nitrogens with two attached hydrogens (primary N) is 1. The van der Waals surface area contributed by atoms with E-state index in [4.69, 9.17) is 5.73 Å². The number of anilines is 1. The summed E-state index contributed by atoms with van der Waals surface area (Å²) in [7, 11) is 0. The topological polar surface area (TPSA) is 73.2 Å². The number of para-hydroxylation sites is 3. The van der Waals surface area contributed by atoms with Gasteiger partial charge in [-0.3, -0.25) is 9.88 Å². The summed E-state index contributed by atoms with van der Waals surface area (Å²) in [6.45, 7) is 3.94. The predicted molar refractivity (Wildman–Crippen MR) is 108 cm³/mol. The van der Waals surface area contributed by atoms with Crippen molar-refractivity contribution >= 4 is 22.9 Å². The summed E-state index contributed by atoms with van der Waals surface area (Å²) >= 11 is 0. The van der Waals surface area contributed by atoms with Gasteiger partial charge in [-0.2, -0.15) is 0 Å². The molecule has 0 saturated carbocycles. The van der Waals surface area contributed by atoms with E-state index >= 15 is 0 Å². The van der Waals surface area contributed by atoms with E-state index in [-0.39, 0.29) is 12.0 Å². The highest BCUT2D eigenvalue weighted by Gasteiger charge is 2.28. The lowest BCUT2D eigenvalue weighted by Gasteiger charge is -2.24. The first kappa shape index (κ1) is 16.6. The lowest BCUT2D eigenvalue weighted by atomic mass is 10.1. The zero-order valence-electron chi connectivity index (χ0n) is 15.5. The molecular formula is C21H19FN6. The molecule has 0 saturated heterocycles. The number of imidazole rings is 1. The first-order valence-corrected chi connectivity index (χ1v) is 9.05. The van der Waals surface area contributed by atoms with Gasteiger partial charge in [0.15, 0.2) is 12.1 Å². The molecule has 140 valence electrons. The number of nitrogens with zero attached hydrogens (tertiary/aromatic N) is 4. The summed E-state index contributed by atoms with van der Waals surface area (Å²) < 4.78 is 18.4. The first-order chi connectivity index (χ1) is 13.5. The average molecular weight is 374 g/mol. The number of hydrogen-bond acceptors (Lipinski definition) is 4. The monoisotopic (exact) mass is 374 g/mol. The molecule has 1 aliphatic heterocycles. The van der Waals surface area contributed by atoms with Gasteiger partial charge in [0.25, 0.3) is 0 Å². The molecule has 0 radical (unpaired) electrons. The molecule has 2 aromatic carbocycles. The van der Waals surface area contributed by atoms with Crippen LogP contribution in [0.3, 0.4) is 0 Å². The minimum atomic E-state index is -0.379. The maximum absolute atomic E-state index is 14.5. The third kappa shape index (κ3) is 2.32. The van der Waals surface area contributed by atoms with Crippen LogP contribution in [0.25, 0.3) is 16.7 Å². The van der Waals surface area contributed by atoms with E-state index in [2.05, 4.69) is 15.3 Å². The molecule has 5 rings (SSSR count). The molecule has 0 fully saturated rings. The van der Waals surface area contributed by atoms with E-state index in [1.807, 2.05) is 59.4 Å². The number of aromatic nitrogens is 3. The van der Waals surface area contributed by atoms with Crippen LogP contribution in [0.4, 0.5) is 10.3 Å². The SMILES string of the molecule is Cc1cc([C@@H]2N=C(N)Nc3nc4ccccc4n32)c(C)n1-c1ccccc1F. The van der Waals surface area contributed by atoms with Crippen molar-refractivity contribution in [3.63, 3.8) is 0 Å². The van der Waals surface area contributed by atoms with E-state index in [9.17, 15) is 4.39 Å². The summed E-state index contributed by atoms with van der Waals surface area (Å²) in [5, 5.41) is 3.04. The summed E-state index contributed by atoms with van der Waals surface area (Å²) in [5.74, 6) is 0.691. The molecule has 6 nitrogen and oxygen atoms in total. The van der Waals surface area contributed by atoms with Crippen LogP contribution in [-0.2, 0) is 0 Å². The Morgan fingerprint density at radius 2 is 1.82 bits per heavy atom. The van der Waals surface area contributed by atoms with Crippen molar-refractivity contribution in [1.82, 2.24) is 14.1 Å². The largest absolute Gasteiger partial charge is 0.370 e. The fraction of sp³-hybridized carbons (Fsp3) is 0.143. The number of hydrogen-bond donors (Lipinski definition) is 2. The number of aliphatic imine (C=N–C) groups is 1. The number of benzene rings is 2. The van der Waals surface area contributed by atoms with Gasteiger partial charge in [0.05, 0.1) is 16.7 Å². The Bertz CT molecular complexity index is 1250. The molecule has 28 heavy (non-hydrogen) atoms. The molecule has 1 atom stereocenters. The molecule has 0 amide bonds. The zero-order valence-corrected chi connectivity index (χ0v) is 15.5. The molecule has 3 N–H and O–H groups in total. The third-order valence-corrected chi connectivity index (χ3v) is 5.18. The Morgan fingerprint density at radius 1 is 1.07 bits per heavy atom. The molecule has 3 heterocycles. The number of halogens is 1. The van der Waals surface area contributed by atoms with Gasteiger partial charge in [0.1, 0.15) is 5.82 Å². The van der Waals surface area contributed by atoms with Crippen LogP contribution in [0.15, 0.2) is 59.6 Å². The first-order valence-electron chi connectivity index (χ1n) is 9.05. The van der Waals surface area contributed by atoms with Crippen LogP contribution in [0.2, 0.25) is 0 Å². The molecule has 4 aromatic rings. The highest BCUT2D eigenvalue weighted by atomic mass is 19.1. The van der Waals surface area contributed by atoms with Crippen LogP contribution in [-0.4, -0.2) is 20.1 Å². The number of nitrogens with one attached hydrogen (secondary N) is 1. The maximum atomic E-state index is 14.5. The van der Waals surface area contributed by atoms with E-state index in [1.54, 1.807) is 12.1 Å². The van der Waals surface area contributed by atoms with Crippen LogP contribution in [0.1, 0.15) is 23.1 Å². The van der Waals surface area contributed by atoms with Gasteiger partial charge in [-0.1, -0.05) is 24.3 Å². The van der Waals surface area contributed by atoms with Crippen LogP contribution >= 0.6 is 0 Å². The normalized spacial score (nSPS) is 16.0. The van der Waals surface area contributed by atoms with Crippen molar-refractivity contribution in [3.8, 4) is 5.69 Å². The van der Waals surface area contributed by atoms with E-state index in [0.717, 1.165) is 28.0 Å². The second kappa shape index (κ2) is 5.95. The summed E-state index contributed by atoms with van der Waals surface area (Å²) in [4.78, 5) is 9.28. The Balaban J connectivity index is 1.74. The molecule has 0 unspecified atom stereocenters. The quantitative estimate of drug-likeness (QED) is 0.559. The van der Waals surface area contributed by atoms with Crippen molar-refractivity contribution in [3.05, 3.63) is 77.4 Å². The molecule has 0 spiro atoms. The molecule has 2 aromatic heterocycles. The molecule has 1 aliphatic rings. The van der Waals surface area contributed by atoms with E-state index in [0.29, 0.717) is 17.6 Å².